The molecule has 44 heavy (non-hydrogen) atoms. The highest BCUT2D eigenvalue weighted by Crippen LogP contribution is 2.37. The highest BCUT2D eigenvalue weighted by Gasteiger charge is 2.16. The van der Waals surface area contributed by atoms with E-state index in [-0.39, 0.29) is 0 Å². The summed E-state index contributed by atoms with van der Waals surface area (Å²) in [7, 11) is 0. The van der Waals surface area contributed by atoms with Gasteiger partial charge in [-0.25, -0.2) is 15.0 Å². The fraction of sp³-hybridized carbons (Fsp3) is 0. The van der Waals surface area contributed by atoms with Gasteiger partial charge in [0.25, 0.3) is 0 Å². The molecule has 0 N–H and O–H groups in total. The number of benzene rings is 5. The van der Waals surface area contributed by atoms with Gasteiger partial charge < -0.3 is 4.40 Å². The van der Waals surface area contributed by atoms with Crippen molar-refractivity contribution in [3.8, 4) is 44.2 Å². The van der Waals surface area contributed by atoms with Crippen LogP contribution in [0.2, 0.25) is 0 Å². The number of imidazole rings is 1. The summed E-state index contributed by atoms with van der Waals surface area (Å²) in [5, 5.41) is 4.34. The Balaban J connectivity index is 1.15. The molecule has 0 unspecified atom stereocenters. The fourth-order valence-corrected chi connectivity index (χ4v) is 7.05. The molecule has 4 heterocycles. The van der Waals surface area contributed by atoms with Crippen molar-refractivity contribution in [1.29, 1.82) is 0 Å². The van der Waals surface area contributed by atoms with Crippen molar-refractivity contribution in [2.24, 2.45) is 0 Å². The van der Waals surface area contributed by atoms with E-state index >= 15 is 0 Å². The van der Waals surface area contributed by atoms with Crippen LogP contribution in [-0.4, -0.2) is 19.4 Å². The molecule has 5 aromatic carbocycles. The van der Waals surface area contributed by atoms with Gasteiger partial charge in [-0.15, -0.1) is 11.3 Å². The van der Waals surface area contributed by atoms with E-state index in [2.05, 4.69) is 132 Å². The fourth-order valence-electron chi connectivity index (χ4n) is 6.09. The summed E-state index contributed by atoms with van der Waals surface area (Å²) in [6, 6.07) is 46.6. The van der Waals surface area contributed by atoms with Crippen molar-refractivity contribution in [2.75, 3.05) is 0 Å². The molecule has 0 aliphatic heterocycles. The van der Waals surface area contributed by atoms with Crippen molar-refractivity contribution < 1.29 is 0 Å². The summed E-state index contributed by atoms with van der Waals surface area (Å²) >= 11 is 1.73. The van der Waals surface area contributed by atoms with Crippen molar-refractivity contribution in [2.45, 2.75) is 0 Å². The third-order valence-corrected chi connectivity index (χ3v) is 9.34. The number of hydrogen-bond acceptors (Lipinski definition) is 4. The molecule has 206 valence electrons. The van der Waals surface area contributed by atoms with Crippen LogP contribution in [0.1, 0.15) is 0 Å². The van der Waals surface area contributed by atoms with Crippen LogP contribution in [0.3, 0.4) is 0 Å². The zero-order valence-electron chi connectivity index (χ0n) is 23.6. The monoisotopic (exact) mass is 580 g/mol. The van der Waals surface area contributed by atoms with Gasteiger partial charge in [0.2, 0.25) is 0 Å². The van der Waals surface area contributed by atoms with Crippen LogP contribution in [0, 0.1) is 0 Å². The molecule has 0 spiro atoms. The normalized spacial score (nSPS) is 11.6. The minimum Gasteiger partial charge on any atom is -0.306 e. The van der Waals surface area contributed by atoms with E-state index in [1.807, 2.05) is 18.2 Å². The Kier molecular flexibility index (Phi) is 5.64. The van der Waals surface area contributed by atoms with E-state index in [1.54, 1.807) is 11.3 Å². The number of nitrogens with zero attached hydrogens (tertiary/aromatic N) is 4. The summed E-state index contributed by atoms with van der Waals surface area (Å²) < 4.78 is 3.33. The Labute approximate surface area is 257 Å². The summed E-state index contributed by atoms with van der Waals surface area (Å²) in [4.78, 5) is 15.2. The third kappa shape index (κ3) is 4.09. The van der Waals surface area contributed by atoms with Gasteiger partial charge in [-0.1, -0.05) is 103 Å². The molecule has 0 saturated carbocycles. The molecule has 0 aliphatic rings. The highest BCUT2D eigenvalue weighted by atomic mass is 32.1. The predicted molar refractivity (Wildman–Crippen MR) is 183 cm³/mol. The Morgan fingerprint density at radius 2 is 1.23 bits per heavy atom. The molecule has 5 heteroatoms. The molecule has 0 amide bonds. The van der Waals surface area contributed by atoms with Gasteiger partial charge in [-0.05, 0) is 41.5 Å². The van der Waals surface area contributed by atoms with Crippen molar-refractivity contribution in [3.63, 3.8) is 0 Å². The molecule has 4 aromatic heterocycles. The first-order valence-corrected chi connectivity index (χ1v) is 15.4. The lowest BCUT2D eigenvalue weighted by Gasteiger charge is -2.12. The molecule has 0 fully saturated rings. The van der Waals surface area contributed by atoms with E-state index < -0.39 is 0 Å². The molecule has 9 aromatic rings. The van der Waals surface area contributed by atoms with Gasteiger partial charge in [-0.3, -0.25) is 0 Å². The van der Waals surface area contributed by atoms with E-state index in [0.717, 1.165) is 77.1 Å². The standard InChI is InChI=1S/C39H24N4S/c1-2-9-26(10-3-1)34-24-43-22-21-31-36(38(43)41-34)30-13-4-5-14-32(30)40-37(31)27-19-17-25(18-20-27)28-11-8-12-29(23-28)39-42-33-15-6-7-16-35(33)44-39/h1-24H. The first-order valence-electron chi connectivity index (χ1n) is 14.6. The quantitative estimate of drug-likeness (QED) is 0.195. The second-order valence-electron chi connectivity index (χ2n) is 10.9. The molecular weight excluding hydrogens is 557 g/mol. The lowest BCUT2D eigenvalue weighted by Crippen LogP contribution is -1.93. The number of pyridine rings is 2. The van der Waals surface area contributed by atoms with Gasteiger partial charge in [0.15, 0.2) is 0 Å². The SMILES string of the molecule is c1ccc(-c2cn3ccc4c(-c5ccc(-c6cccc(-c7nc8ccccc8s7)c6)cc5)nc5ccccc5c4c3n2)cc1. The predicted octanol–water partition coefficient (Wildman–Crippen LogP) is 10.3. The molecule has 0 saturated heterocycles. The van der Waals surface area contributed by atoms with Crippen LogP contribution in [0.15, 0.2) is 146 Å². The molecule has 0 bridgehead atoms. The number of para-hydroxylation sites is 2. The summed E-state index contributed by atoms with van der Waals surface area (Å²) in [5.74, 6) is 0. The number of aromatic nitrogens is 4. The summed E-state index contributed by atoms with van der Waals surface area (Å²) in [6.07, 6.45) is 4.20. The minimum absolute atomic E-state index is 0.935. The Morgan fingerprint density at radius 1 is 0.500 bits per heavy atom. The number of rotatable bonds is 4. The van der Waals surface area contributed by atoms with Crippen LogP contribution in [-0.2, 0) is 0 Å². The van der Waals surface area contributed by atoms with Gasteiger partial charge >= 0.3 is 0 Å². The molecule has 0 aliphatic carbocycles. The Hall–Kier alpha value is -5.65. The average molecular weight is 581 g/mol. The van der Waals surface area contributed by atoms with Crippen LogP contribution in [0.5, 0.6) is 0 Å². The highest BCUT2D eigenvalue weighted by molar-refractivity contribution is 7.21. The molecule has 4 nitrogen and oxygen atoms in total. The van der Waals surface area contributed by atoms with Gasteiger partial charge in [0.05, 0.1) is 27.1 Å². The zero-order valence-corrected chi connectivity index (χ0v) is 24.4. The molecule has 9 rings (SSSR count). The smallest absolute Gasteiger partial charge is 0.146 e. The van der Waals surface area contributed by atoms with E-state index in [9.17, 15) is 0 Å². The van der Waals surface area contributed by atoms with Gasteiger partial charge in [0.1, 0.15) is 10.7 Å². The van der Waals surface area contributed by atoms with Crippen molar-refractivity contribution >= 4 is 48.9 Å². The first kappa shape index (κ1) is 24.9. The molecule has 0 radical (unpaired) electrons. The number of fused-ring (bicyclic) bond motifs is 6. The van der Waals surface area contributed by atoms with Crippen molar-refractivity contribution in [1.82, 2.24) is 19.4 Å². The Bertz CT molecular complexity index is 2460. The lowest BCUT2D eigenvalue weighted by atomic mass is 9.98. The average Bonchev–Trinajstić information content (AvgIpc) is 3.74. The molecular formula is C39H24N4S. The summed E-state index contributed by atoms with van der Waals surface area (Å²) in [6.45, 7) is 0. The minimum atomic E-state index is 0.935. The van der Waals surface area contributed by atoms with Crippen LogP contribution in [0.25, 0.3) is 81.8 Å². The van der Waals surface area contributed by atoms with E-state index in [1.165, 1.54) is 4.70 Å². The van der Waals surface area contributed by atoms with Crippen LogP contribution >= 0.6 is 11.3 Å². The second-order valence-corrected chi connectivity index (χ2v) is 12.0. The lowest BCUT2D eigenvalue weighted by molar-refractivity contribution is 1.20. The zero-order chi connectivity index (χ0) is 29.0. The first-order chi connectivity index (χ1) is 21.8. The van der Waals surface area contributed by atoms with Crippen LogP contribution in [0.4, 0.5) is 0 Å². The molecule has 0 atom stereocenters. The third-order valence-electron chi connectivity index (χ3n) is 8.25. The second kappa shape index (κ2) is 9.97. The van der Waals surface area contributed by atoms with E-state index in [4.69, 9.17) is 15.0 Å². The maximum Gasteiger partial charge on any atom is 0.146 e. The van der Waals surface area contributed by atoms with Gasteiger partial charge in [-0.2, -0.15) is 0 Å². The Morgan fingerprint density at radius 3 is 2.09 bits per heavy atom. The maximum atomic E-state index is 5.18. The number of hydrogen-bond donors (Lipinski definition) is 0. The number of thiazole rings is 1. The van der Waals surface area contributed by atoms with Crippen LogP contribution < -0.4 is 0 Å². The summed E-state index contributed by atoms with van der Waals surface area (Å²) in [5.41, 5.74) is 10.5. The van der Waals surface area contributed by atoms with E-state index in [0.29, 0.717) is 0 Å². The topological polar surface area (TPSA) is 43.1 Å². The van der Waals surface area contributed by atoms with Gasteiger partial charge in [0, 0.05) is 45.2 Å². The van der Waals surface area contributed by atoms with Crippen molar-refractivity contribution in [3.05, 3.63) is 146 Å². The maximum absolute atomic E-state index is 5.18. The largest absolute Gasteiger partial charge is 0.306 e.